The molecule has 0 aliphatic carbocycles. The van der Waals surface area contributed by atoms with Crippen LogP contribution in [0.5, 0.6) is 23.0 Å². The van der Waals surface area contributed by atoms with Crippen molar-refractivity contribution in [2.45, 2.75) is 12.8 Å². The number of ether oxygens (including phenoxy) is 6. The summed E-state index contributed by atoms with van der Waals surface area (Å²) >= 11 is 0. The molecule has 4 aromatic carbocycles. The number of hydrogen-bond acceptors (Lipinski definition) is 6. The van der Waals surface area contributed by atoms with Gasteiger partial charge in [-0.05, 0) is 34.4 Å². The molecule has 44 heavy (non-hydrogen) atoms. The predicted molar refractivity (Wildman–Crippen MR) is 177 cm³/mol. The second-order valence-corrected chi connectivity index (χ2v) is 9.98. The summed E-state index contributed by atoms with van der Waals surface area (Å²) in [6, 6.07) is 28.2. The maximum atomic E-state index is 6.17. The summed E-state index contributed by atoms with van der Waals surface area (Å²) in [5, 5.41) is 0. The van der Waals surface area contributed by atoms with Gasteiger partial charge in [-0.2, -0.15) is 0 Å². The number of para-hydroxylation sites is 4. The van der Waals surface area contributed by atoms with Crippen molar-refractivity contribution in [3.8, 4) is 23.0 Å². The van der Waals surface area contributed by atoms with Gasteiger partial charge in [0.1, 0.15) is 36.2 Å². The average Bonchev–Trinajstić information content (AvgIpc) is 3.06. The van der Waals surface area contributed by atoms with Crippen LogP contribution in [0.15, 0.2) is 98.1 Å². The highest BCUT2D eigenvalue weighted by Gasteiger charge is 2.13. The minimum absolute atomic E-state index is 0.421. The first-order chi connectivity index (χ1) is 21.7. The number of benzene rings is 4. The predicted octanol–water partition coefficient (Wildman–Crippen LogP) is 7.66. The third-order valence-electron chi connectivity index (χ3n) is 7.16. The third-order valence-corrected chi connectivity index (χ3v) is 7.16. The SMILES string of the molecule is C=Cc1cccc(Cc2ccccc2OCCOCCOCCOc2c(C=C)cccc2Cc2ccccc2OC)c1OC. The van der Waals surface area contributed by atoms with E-state index in [2.05, 4.69) is 37.4 Å². The van der Waals surface area contributed by atoms with Gasteiger partial charge in [-0.3, -0.25) is 0 Å². The van der Waals surface area contributed by atoms with Crippen LogP contribution in [0.25, 0.3) is 12.2 Å². The fourth-order valence-electron chi connectivity index (χ4n) is 5.02. The lowest BCUT2D eigenvalue weighted by atomic mass is 10.0. The van der Waals surface area contributed by atoms with Gasteiger partial charge >= 0.3 is 0 Å². The molecule has 6 nitrogen and oxygen atoms in total. The number of methoxy groups -OCH3 is 2. The molecule has 0 unspecified atom stereocenters. The zero-order valence-electron chi connectivity index (χ0n) is 25.8. The van der Waals surface area contributed by atoms with E-state index in [1.54, 1.807) is 14.2 Å². The van der Waals surface area contributed by atoms with Gasteiger partial charge in [0.15, 0.2) is 0 Å². The van der Waals surface area contributed by atoms with Crippen LogP contribution in [-0.2, 0) is 22.3 Å². The van der Waals surface area contributed by atoms with Crippen LogP contribution in [0.1, 0.15) is 33.4 Å². The summed E-state index contributed by atoms with van der Waals surface area (Å²) in [6.45, 7) is 10.6. The molecule has 0 aromatic heterocycles. The minimum atomic E-state index is 0.421. The van der Waals surface area contributed by atoms with Crippen LogP contribution in [0, 0.1) is 0 Å². The van der Waals surface area contributed by atoms with Crippen LogP contribution in [-0.4, -0.2) is 53.9 Å². The van der Waals surface area contributed by atoms with Crippen LogP contribution in [0.2, 0.25) is 0 Å². The van der Waals surface area contributed by atoms with E-state index in [4.69, 9.17) is 28.4 Å². The molecule has 0 aliphatic rings. The molecule has 230 valence electrons. The minimum Gasteiger partial charge on any atom is -0.496 e. The fraction of sp³-hybridized carbons (Fsp3) is 0.263. The van der Waals surface area contributed by atoms with Crippen LogP contribution < -0.4 is 18.9 Å². The summed E-state index contributed by atoms with van der Waals surface area (Å²) in [4.78, 5) is 0. The second kappa shape index (κ2) is 17.6. The van der Waals surface area contributed by atoms with Crippen molar-refractivity contribution in [2.75, 3.05) is 53.9 Å². The van der Waals surface area contributed by atoms with Gasteiger partial charge in [-0.15, -0.1) is 0 Å². The normalized spacial score (nSPS) is 10.7. The fourth-order valence-corrected chi connectivity index (χ4v) is 5.02. The van der Waals surface area contributed by atoms with Crippen molar-refractivity contribution in [3.63, 3.8) is 0 Å². The summed E-state index contributed by atoms with van der Waals surface area (Å²) in [5.74, 6) is 3.35. The Hall–Kier alpha value is -4.52. The maximum absolute atomic E-state index is 6.17. The molecule has 4 rings (SSSR count). The highest BCUT2D eigenvalue weighted by Crippen LogP contribution is 2.31. The molecule has 0 saturated carbocycles. The van der Waals surface area contributed by atoms with Gasteiger partial charge in [-0.1, -0.05) is 98.1 Å². The van der Waals surface area contributed by atoms with Crippen molar-refractivity contribution in [3.05, 3.63) is 131 Å². The van der Waals surface area contributed by atoms with Gasteiger partial charge < -0.3 is 28.4 Å². The van der Waals surface area contributed by atoms with E-state index in [1.165, 1.54) is 0 Å². The average molecular weight is 595 g/mol. The van der Waals surface area contributed by atoms with E-state index in [9.17, 15) is 0 Å². The first-order valence-corrected chi connectivity index (χ1v) is 14.8. The highest BCUT2D eigenvalue weighted by atomic mass is 16.6. The van der Waals surface area contributed by atoms with E-state index in [0.717, 1.165) is 56.4 Å². The van der Waals surface area contributed by atoms with Crippen LogP contribution in [0.3, 0.4) is 0 Å². The van der Waals surface area contributed by atoms with Gasteiger partial charge in [0.25, 0.3) is 0 Å². The maximum Gasteiger partial charge on any atom is 0.130 e. The Labute approximate surface area is 261 Å². The van der Waals surface area contributed by atoms with E-state index in [-0.39, 0.29) is 0 Å². The zero-order valence-corrected chi connectivity index (χ0v) is 25.8. The van der Waals surface area contributed by atoms with Crippen LogP contribution >= 0.6 is 0 Å². The Morgan fingerprint density at radius 1 is 0.477 bits per heavy atom. The lowest BCUT2D eigenvalue weighted by Crippen LogP contribution is -2.14. The summed E-state index contributed by atoms with van der Waals surface area (Å²) < 4.78 is 34.9. The lowest BCUT2D eigenvalue weighted by molar-refractivity contribution is 0.0272. The first kappa shape index (κ1) is 32.4. The van der Waals surface area contributed by atoms with E-state index < -0.39 is 0 Å². The molecule has 0 saturated heterocycles. The molecule has 0 radical (unpaired) electrons. The zero-order chi connectivity index (χ0) is 31.0. The van der Waals surface area contributed by atoms with Gasteiger partial charge in [-0.25, -0.2) is 0 Å². The molecular formula is C38H42O6. The molecule has 0 atom stereocenters. The summed E-state index contributed by atoms with van der Waals surface area (Å²) in [5.41, 5.74) is 6.26. The molecule has 0 N–H and O–H groups in total. The molecule has 0 heterocycles. The molecule has 0 fully saturated rings. The molecule has 0 spiro atoms. The Balaban J connectivity index is 1.17. The Bertz CT molecular complexity index is 1490. The standard InChI is InChI=1S/C38H42O6/c1-5-29-15-11-17-33(37(29)40-4)28-32-14-8-10-20-36(32)43-25-23-41-21-22-42-24-26-44-38-30(6-2)16-12-18-34(38)27-31-13-7-9-19-35(31)39-3/h5-20H,1-2,21-28H2,3-4H3. The van der Waals surface area contributed by atoms with Gasteiger partial charge in [0.05, 0.1) is 40.6 Å². The molecule has 0 bridgehead atoms. The highest BCUT2D eigenvalue weighted by molar-refractivity contribution is 5.60. The second-order valence-electron chi connectivity index (χ2n) is 9.98. The molecule has 4 aromatic rings. The van der Waals surface area contributed by atoms with Crippen molar-refractivity contribution in [2.24, 2.45) is 0 Å². The Morgan fingerprint density at radius 3 is 1.55 bits per heavy atom. The Morgan fingerprint density at radius 2 is 0.955 bits per heavy atom. The number of rotatable bonds is 19. The molecule has 6 heteroatoms. The monoisotopic (exact) mass is 594 g/mol. The molecular weight excluding hydrogens is 552 g/mol. The summed E-state index contributed by atoms with van der Waals surface area (Å²) in [7, 11) is 3.37. The lowest BCUT2D eigenvalue weighted by Gasteiger charge is -2.16. The smallest absolute Gasteiger partial charge is 0.130 e. The van der Waals surface area contributed by atoms with Crippen molar-refractivity contribution < 1.29 is 28.4 Å². The van der Waals surface area contributed by atoms with E-state index in [1.807, 2.05) is 72.8 Å². The largest absolute Gasteiger partial charge is 0.496 e. The van der Waals surface area contributed by atoms with E-state index in [0.29, 0.717) is 52.5 Å². The summed E-state index contributed by atoms with van der Waals surface area (Å²) in [6.07, 6.45) is 5.00. The first-order valence-electron chi connectivity index (χ1n) is 14.8. The van der Waals surface area contributed by atoms with Gasteiger partial charge in [0, 0.05) is 24.0 Å². The van der Waals surface area contributed by atoms with Crippen molar-refractivity contribution >= 4 is 12.2 Å². The van der Waals surface area contributed by atoms with Crippen molar-refractivity contribution in [1.29, 1.82) is 0 Å². The quantitative estimate of drug-likeness (QED) is 0.104. The van der Waals surface area contributed by atoms with Crippen molar-refractivity contribution in [1.82, 2.24) is 0 Å². The topological polar surface area (TPSA) is 55.4 Å². The Kier molecular flexibility index (Phi) is 12.9. The number of hydrogen-bond donors (Lipinski definition) is 0. The molecule has 0 amide bonds. The third kappa shape index (κ3) is 8.99. The van der Waals surface area contributed by atoms with E-state index >= 15 is 0 Å². The van der Waals surface area contributed by atoms with Crippen LogP contribution in [0.4, 0.5) is 0 Å². The van der Waals surface area contributed by atoms with Gasteiger partial charge in [0.2, 0.25) is 0 Å². The molecule has 0 aliphatic heterocycles.